The summed E-state index contributed by atoms with van der Waals surface area (Å²) in [6.07, 6.45) is 15.8. The first kappa shape index (κ1) is 23.8. The van der Waals surface area contributed by atoms with E-state index in [9.17, 15) is 0 Å². The fourth-order valence-corrected chi connectivity index (χ4v) is 16.7. The normalized spacial score (nSPS) is 11.0. The number of allylic oxidation sites excluding steroid dienone is 2. The van der Waals surface area contributed by atoms with Crippen LogP contribution in [0.2, 0.25) is 13.3 Å². The summed E-state index contributed by atoms with van der Waals surface area (Å²) < 4.78 is 8.46. The quantitative estimate of drug-likeness (QED) is 0.105. The van der Waals surface area contributed by atoms with Crippen molar-refractivity contribution in [1.29, 1.82) is 0 Å². The van der Waals surface area contributed by atoms with Crippen LogP contribution in [0.3, 0.4) is 0 Å². The molecule has 0 spiro atoms. The monoisotopic (exact) mass is 438 g/mol. The summed E-state index contributed by atoms with van der Waals surface area (Å²) in [5.74, 6) is 3.64. The van der Waals surface area contributed by atoms with Crippen molar-refractivity contribution in [2.45, 2.75) is 105 Å². The number of hydrogen-bond acceptors (Lipinski definition) is 0. The summed E-state index contributed by atoms with van der Waals surface area (Å²) in [6, 6.07) is 0. The Morgan fingerprint density at radius 2 is 1.42 bits per heavy atom. The van der Waals surface area contributed by atoms with Crippen molar-refractivity contribution >= 4 is 18.4 Å². The average Bonchev–Trinajstić information content (AvgIpc) is 2.59. The van der Waals surface area contributed by atoms with Gasteiger partial charge in [0.05, 0.1) is 0 Å². The Bertz CT molecular complexity index is 361. The van der Waals surface area contributed by atoms with Crippen molar-refractivity contribution in [2.75, 3.05) is 0 Å². The van der Waals surface area contributed by atoms with Crippen LogP contribution in [0.5, 0.6) is 0 Å². The zero-order valence-electron chi connectivity index (χ0n) is 16.9. The number of hydrogen-bond donors (Lipinski definition) is 0. The minimum absolute atomic E-state index is 1.04. The molecule has 0 aliphatic rings. The summed E-state index contributed by atoms with van der Waals surface area (Å²) >= 11 is -2.21. The second kappa shape index (κ2) is 16.3. The second-order valence-corrected chi connectivity index (χ2v) is 19.6. The van der Waals surface area contributed by atoms with Gasteiger partial charge in [-0.15, -0.1) is 0 Å². The maximum atomic E-state index is 4.22. The molecule has 0 N–H and O–H groups in total. The molecule has 0 nitrogen and oxygen atoms in total. The zero-order chi connectivity index (χ0) is 18.1. The molecule has 0 amide bonds. The predicted molar refractivity (Wildman–Crippen MR) is 115 cm³/mol. The van der Waals surface area contributed by atoms with Crippen molar-refractivity contribution in [3.63, 3.8) is 0 Å². The van der Waals surface area contributed by atoms with Crippen LogP contribution in [0.4, 0.5) is 0 Å². The van der Waals surface area contributed by atoms with Crippen molar-refractivity contribution in [3.05, 3.63) is 24.8 Å². The van der Waals surface area contributed by atoms with Crippen LogP contribution in [0.25, 0.3) is 0 Å². The summed E-state index contributed by atoms with van der Waals surface area (Å²) in [6.45, 7) is 15.0. The summed E-state index contributed by atoms with van der Waals surface area (Å²) in [5.41, 5.74) is 1.38. The molecule has 0 rings (SSSR count). The van der Waals surface area contributed by atoms with E-state index in [4.69, 9.17) is 0 Å². The zero-order valence-corrected chi connectivity index (χ0v) is 19.7. The van der Waals surface area contributed by atoms with Gasteiger partial charge in [0.2, 0.25) is 0 Å². The van der Waals surface area contributed by atoms with Gasteiger partial charge in [0.25, 0.3) is 0 Å². The van der Waals surface area contributed by atoms with Gasteiger partial charge >= 0.3 is 158 Å². The van der Waals surface area contributed by atoms with Crippen molar-refractivity contribution < 1.29 is 0 Å². The van der Waals surface area contributed by atoms with E-state index in [2.05, 4.69) is 43.8 Å². The van der Waals surface area contributed by atoms with Crippen molar-refractivity contribution in [3.8, 4) is 9.86 Å². The van der Waals surface area contributed by atoms with E-state index in [1.807, 2.05) is 6.08 Å². The molecular formula is C23H42Sn. The van der Waals surface area contributed by atoms with E-state index in [-0.39, 0.29) is 0 Å². The van der Waals surface area contributed by atoms with E-state index >= 15 is 0 Å². The Balaban J connectivity index is 4.64. The molecule has 0 saturated heterocycles. The molecule has 0 heterocycles. The Morgan fingerprint density at radius 3 is 1.88 bits per heavy atom. The first-order chi connectivity index (χ1) is 11.6. The van der Waals surface area contributed by atoms with Gasteiger partial charge in [-0.25, -0.2) is 0 Å². The first-order valence-electron chi connectivity index (χ1n) is 10.4. The molecule has 0 aliphatic carbocycles. The van der Waals surface area contributed by atoms with Gasteiger partial charge in [0.15, 0.2) is 0 Å². The van der Waals surface area contributed by atoms with E-state index < -0.39 is 18.4 Å². The maximum absolute atomic E-state index is 4.22. The number of unbranched alkanes of at least 4 members (excludes halogenated alkanes) is 4. The molecule has 0 fully saturated rings. The van der Waals surface area contributed by atoms with E-state index in [0.29, 0.717) is 0 Å². The molecule has 138 valence electrons. The number of rotatable bonds is 15. The molecule has 0 atom stereocenters. The van der Waals surface area contributed by atoms with Crippen LogP contribution in [0, 0.1) is 9.86 Å². The summed E-state index contributed by atoms with van der Waals surface area (Å²) in [7, 11) is 0. The third-order valence-electron chi connectivity index (χ3n) is 4.92. The molecule has 1 heteroatoms. The Labute approximate surface area is 157 Å². The molecule has 0 aromatic rings. The van der Waals surface area contributed by atoms with Crippen LogP contribution in [0.15, 0.2) is 24.8 Å². The van der Waals surface area contributed by atoms with Crippen molar-refractivity contribution in [2.24, 2.45) is 0 Å². The van der Waals surface area contributed by atoms with Crippen LogP contribution in [0.1, 0.15) is 91.4 Å². The Hall–Kier alpha value is -0.161. The fraction of sp³-hybridized carbons (Fsp3) is 0.739. The van der Waals surface area contributed by atoms with Gasteiger partial charge in [0, 0.05) is 0 Å². The van der Waals surface area contributed by atoms with Crippen LogP contribution >= 0.6 is 0 Å². The second-order valence-electron chi connectivity index (χ2n) is 7.32. The molecule has 0 bridgehead atoms. The molecular weight excluding hydrogens is 395 g/mol. The Kier molecular flexibility index (Phi) is 16.2. The standard InChI is InChI=1S/C11H15.3C4H9.Sn/c1-4-6-8-10-11(3)9-7-5-2;3*1-3-4-2;/h4H,1,3,6-10H2;3*1,3-4H2,2H3;. The third-order valence-corrected chi connectivity index (χ3v) is 18.2. The molecule has 0 saturated carbocycles. The minimum atomic E-state index is -2.21. The topological polar surface area (TPSA) is 0 Å². The van der Waals surface area contributed by atoms with E-state index in [1.165, 1.54) is 63.8 Å². The third kappa shape index (κ3) is 12.2. The summed E-state index contributed by atoms with van der Waals surface area (Å²) in [5, 5.41) is 0. The van der Waals surface area contributed by atoms with Gasteiger partial charge in [0.1, 0.15) is 0 Å². The van der Waals surface area contributed by atoms with E-state index in [1.54, 1.807) is 0 Å². The van der Waals surface area contributed by atoms with E-state index in [0.717, 1.165) is 25.7 Å². The molecule has 0 aromatic carbocycles. The predicted octanol–water partition coefficient (Wildman–Crippen LogP) is 8.07. The SMILES string of the molecule is C=CCCCC(=C)CCC#[C][Sn]([CH2]CCC)([CH2]CCC)[CH2]CCC. The molecule has 0 aromatic heterocycles. The van der Waals surface area contributed by atoms with Crippen LogP contribution in [-0.4, -0.2) is 18.4 Å². The van der Waals surface area contributed by atoms with Gasteiger partial charge in [-0.3, -0.25) is 0 Å². The van der Waals surface area contributed by atoms with Crippen LogP contribution in [-0.2, 0) is 0 Å². The van der Waals surface area contributed by atoms with Crippen molar-refractivity contribution in [1.82, 2.24) is 0 Å². The Morgan fingerprint density at radius 1 is 0.875 bits per heavy atom. The van der Waals surface area contributed by atoms with Crippen LogP contribution < -0.4 is 0 Å². The van der Waals surface area contributed by atoms with Gasteiger partial charge in [-0.2, -0.15) is 0 Å². The summed E-state index contributed by atoms with van der Waals surface area (Å²) in [4.78, 5) is 0. The molecule has 24 heavy (non-hydrogen) atoms. The fourth-order valence-electron chi connectivity index (χ4n) is 3.22. The first-order valence-corrected chi connectivity index (χ1v) is 17.9. The molecule has 0 radical (unpaired) electrons. The molecule has 0 aliphatic heterocycles. The van der Waals surface area contributed by atoms with Gasteiger partial charge in [-0.1, -0.05) is 0 Å². The average molecular weight is 437 g/mol. The molecule has 0 unspecified atom stereocenters. The van der Waals surface area contributed by atoms with Gasteiger partial charge in [-0.05, 0) is 0 Å². The van der Waals surface area contributed by atoms with Gasteiger partial charge < -0.3 is 0 Å².